The standard InChI is InChI=1S/C58H96O6/c1-4-7-10-13-16-19-22-25-27-28-29-30-32-33-36-39-42-45-48-51-57(60)63-54-55(53-62-56(59)50-47-44-41-38-35-24-21-18-15-12-9-6-3)64-58(61)52-49-46-43-40-37-34-31-26-23-20-17-14-11-8-5-2/h7,10,16,18-21,23,25,27,29-30,33,36,42,45,55H,4-6,8-9,11-15,17,22,24,26,28,31-32,34-35,37-41,43-44,46-54H2,1-3H3/b10-7-,19-16-,21-18-,23-20-,27-25-,30-29-,36-33-,45-42-. The van der Waals surface area contributed by atoms with Crippen molar-refractivity contribution >= 4 is 17.9 Å². The van der Waals surface area contributed by atoms with Gasteiger partial charge in [0.25, 0.3) is 0 Å². The fourth-order valence-electron chi connectivity index (χ4n) is 6.87. The van der Waals surface area contributed by atoms with Crippen molar-refractivity contribution in [2.75, 3.05) is 13.2 Å². The number of ether oxygens (including phenoxy) is 3. The molecule has 0 spiro atoms. The van der Waals surface area contributed by atoms with E-state index in [9.17, 15) is 14.4 Å². The Morgan fingerprint density at radius 3 is 1.08 bits per heavy atom. The molecule has 0 bridgehead atoms. The van der Waals surface area contributed by atoms with Gasteiger partial charge in [0.15, 0.2) is 6.10 Å². The first kappa shape index (κ1) is 60.3. The van der Waals surface area contributed by atoms with Crippen LogP contribution in [-0.2, 0) is 28.6 Å². The van der Waals surface area contributed by atoms with Crippen LogP contribution in [0.1, 0.15) is 233 Å². The van der Waals surface area contributed by atoms with Crippen molar-refractivity contribution in [1.29, 1.82) is 0 Å². The Morgan fingerprint density at radius 1 is 0.328 bits per heavy atom. The highest BCUT2D eigenvalue weighted by Crippen LogP contribution is 2.13. The van der Waals surface area contributed by atoms with E-state index >= 15 is 0 Å². The third-order valence-electron chi connectivity index (χ3n) is 10.8. The molecule has 0 aliphatic heterocycles. The number of unbranched alkanes of at least 4 members (excludes halogenated alkanes) is 19. The van der Waals surface area contributed by atoms with Gasteiger partial charge in [0, 0.05) is 19.3 Å². The first-order valence-electron chi connectivity index (χ1n) is 26.2. The second kappa shape index (κ2) is 52.0. The lowest BCUT2D eigenvalue weighted by Gasteiger charge is -2.18. The van der Waals surface area contributed by atoms with Gasteiger partial charge >= 0.3 is 17.9 Å². The van der Waals surface area contributed by atoms with E-state index in [1.165, 1.54) is 96.3 Å². The zero-order chi connectivity index (χ0) is 46.5. The highest BCUT2D eigenvalue weighted by atomic mass is 16.6. The third kappa shape index (κ3) is 49.3. The molecule has 0 saturated heterocycles. The lowest BCUT2D eigenvalue weighted by Crippen LogP contribution is -2.30. The maximum Gasteiger partial charge on any atom is 0.306 e. The quantitative estimate of drug-likeness (QED) is 0.0262. The molecule has 364 valence electrons. The average molecular weight is 889 g/mol. The van der Waals surface area contributed by atoms with Gasteiger partial charge in [-0.1, -0.05) is 201 Å². The summed E-state index contributed by atoms with van der Waals surface area (Å²) in [5, 5.41) is 0. The van der Waals surface area contributed by atoms with Crippen LogP contribution >= 0.6 is 0 Å². The summed E-state index contributed by atoms with van der Waals surface area (Å²) < 4.78 is 16.7. The first-order valence-corrected chi connectivity index (χ1v) is 26.2. The molecule has 0 radical (unpaired) electrons. The third-order valence-corrected chi connectivity index (χ3v) is 10.8. The Morgan fingerprint density at radius 2 is 0.641 bits per heavy atom. The monoisotopic (exact) mass is 889 g/mol. The summed E-state index contributed by atoms with van der Waals surface area (Å²) in [6.07, 6.45) is 68.3. The van der Waals surface area contributed by atoms with Crippen molar-refractivity contribution in [3.05, 3.63) is 97.2 Å². The molecule has 64 heavy (non-hydrogen) atoms. The molecule has 0 fully saturated rings. The first-order chi connectivity index (χ1) is 31.5. The SMILES string of the molecule is CC/C=C\C/C=C\C/C=C\C/C=C\C/C=C\C/C=C\CCC(=O)OCC(COC(=O)CCCCCCC/C=C\CCCCC)OC(=O)CCCCCCCCC/C=C\CCCCCC. The smallest absolute Gasteiger partial charge is 0.306 e. The summed E-state index contributed by atoms with van der Waals surface area (Å²) in [5.41, 5.74) is 0. The van der Waals surface area contributed by atoms with Crippen LogP contribution < -0.4 is 0 Å². The summed E-state index contributed by atoms with van der Waals surface area (Å²) in [6.45, 7) is 6.40. The number of carbonyl (C=O) groups excluding carboxylic acids is 3. The Balaban J connectivity index is 4.51. The maximum atomic E-state index is 12.8. The zero-order valence-corrected chi connectivity index (χ0v) is 41.5. The van der Waals surface area contributed by atoms with Crippen molar-refractivity contribution in [2.24, 2.45) is 0 Å². The minimum atomic E-state index is -0.813. The molecule has 0 aliphatic rings. The lowest BCUT2D eigenvalue weighted by molar-refractivity contribution is -0.166. The molecule has 0 aliphatic carbocycles. The van der Waals surface area contributed by atoms with Gasteiger partial charge in [-0.2, -0.15) is 0 Å². The summed E-state index contributed by atoms with van der Waals surface area (Å²) >= 11 is 0. The number of allylic oxidation sites excluding steroid dienone is 16. The molecule has 6 nitrogen and oxygen atoms in total. The molecule has 0 aromatic carbocycles. The van der Waals surface area contributed by atoms with E-state index in [1.807, 2.05) is 6.08 Å². The van der Waals surface area contributed by atoms with Gasteiger partial charge in [0.1, 0.15) is 13.2 Å². The molecule has 0 aromatic heterocycles. The van der Waals surface area contributed by atoms with Gasteiger partial charge < -0.3 is 14.2 Å². The number of rotatable bonds is 46. The highest BCUT2D eigenvalue weighted by molar-refractivity contribution is 5.71. The van der Waals surface area contributed by atoms with Gasteiger partial charge in [-0.15, -0.1) is 0 Å². The Bertz CT molecular complexity index is 1300. The van der Waals surface area contributed by atoms with E-state index < -0.39 is 6.10 Å². The summed E-state index contributed by atoms with van der Waals surface area (Å²) in [6, 6.07) is 0. The lowest BCUT2D eigenvalue weighted by atomic mass is 10.1. The topological polar surface area (TPSA) is 78.9 Å². The van der Waals surface area contributed by atoms with Gasteiger partial charge in [0.05, 0.1) is 0 Å². The molecule has 0 N–H and O–H groups in total. The number of carbonyl (C=O) groups is 3. The van der Waals surface area contributed by atoms with E-state index in [1.54, 1.807) is 0 Å². The zero-order valence-electron chi connectivity index (χ0n) is 41.5. The largest absolute Gasteiger partial charge is 0.462 e. The summed E-state index contributed by atoms with van der Waals surface area (Å²) in [5.74, 6) is -1.01. The Labute approximate surface area is 394 Å². The Hall–Kier alpha value is -3.67. The molecular formula is C58H96O6. The van der Waals surface area contributed by atoms with Crippen LogP contribution in [0.5, 0.6) is 0 Å². The van der Waals surface area contributed by atoms with E-state index in [0.29, 0.717) is 19.3 Å². The van der Waals surface area contributed by atoms with Gasteiger partial charge in [0.2, 0.25) is 0 Å². The van der Waals surface area contributed by atoms with Crippen LogP contribution in [0.2, 0.25) is 0 Å². The molecule has 0 amide bonds. The Kier molecular flexibility index (Phi) is 49.0. The minimum Gasteiger partial charge on any atom is -0.462 e. The normalized spacial score (nSPS) is 12.9. The molecule has 1 atom stereocenters. The van der Waals surface area contributed by atoms with Crippen LogP contribution in [0.4, 0.5) is 0 Å². The molecule has 1 unspecified atom stereocenters. The van der Waals surface area contributed by atoms with Crippen molar-refractivity contribution in [1.82, 2.24) is 0 Å². The van der Waals surface area contributed by atoms with Crippen LogP contribution in [0.3, 0.4) is 0 Å². The minimum absolute atomic E-state index is 0.107. The molecule has 0 saturated carbocycles. The summed E-state index contributed by atoms with van der Waals surface area (Å²) in [7, 11) is 0. The van der Waals surface area contributed by atoms with E-state index in [0.717, 1.165) is 89.9 Å². The number of esters is 3. The van der Waals surface area contributed by atoms with E-state index in [4.69, 9.17) is 14.2 Å². The van der Waals surface area contributed by atoms with Gasteiger partial charge in [-0.05, 0) is 109 Å². The van der Waals surface area contributed by atoms with Crippen molar-refractivity contribution in [2.45, 2.75) is 239 Å². The number of hydrogen-bond donors (Lipinski definition) is 0. The van der Waals surface area contributed by atoms with Crippen molar-refractivity contribution < 1.29 is 28.6 Å². The molecule has 0 rings (SSSR count). The van der Waals surface area contributed by atoms with Gasteiger partial charge in [-0.25, -0.2) is 0 Å². The predicted octanol–water partition coefficient (Wildman–Crippen LogP) is 17.4. The van der Waals surface area contributed by atoms with E-state index in [2.05, 4.69) is 112 Å². The fraction of sp³-hybridized carbons (Fsp3) is 0.672. The molecule has 6 heteroatoms. The second-order valence-electron chi connectivity index (χ2n) is 17.0. The van der Waals surface area contributed by atoms with E-state index in [-0.39, 0.29) is 37.5 Å². The van der Waals surface area contributed by atoms with Crippen molar-refractivity contribution in [3.8, 4) is 0 Å². The van der Waals surface area contributed by atoms with Crippen LogP contribution in [0.15, 0.2) is 97.2 Å². The van der Waals surface area contributed by atoms with Crippen LogP contribution in [0, 0.1) is 0 Å². The molecule has 0 heterocycles. The van der Waals surface area contributed by atoms with Gasteiger partial charge in [-0.3, -0.25) is 14.4 Å². The molecule has 0 aromatic rings. The average Bonchev–Trinajstić information content (AvgIpc) is 3.29. The maximum absolute atomic E-state index is 12.8. The fourth-order valence-corrected chi connectivity index (χ4v) is 6.87. The number of hydrogen-bond acceptors (Lipinski definition) is 6. The predicted molar refractivity (Wildman–Crippen MR) is 274 cm³/mol. The molecular weight excluding hydrogens is 793 g/mol. The van der Waals surface area contributed by atoms with Crippen LogP contribution in [0.25, 0.3) is 0 Å². The van der Waals surface area contributed by atoms with Crippen LogP contribution in [-0.4, -0.2) is 37.2 Å². The highest BCUT2D eigenvalue weighted by Gasteiger charge is 2.19. The summed E-state index contributed by atoms with van der Waals surface area (Å²) in [4.78, 5) is 38.0. The second-order valence-corrected chi connectivity index (χ2v) is 17.0. The van der Waals surface area contributed by atoms with Crippen molar-refractivity contribution in [3.63, 3.8) is 0 Å².